The Bertz CT molecular complexity index is 956. The molecule has 364 valence electrons. The molecule has 2 N–H and O–H groups in total. The Kier molecular flexibility index (Phi) is 47.7. The fraction of sp³-hybridized carbons (Fsp3) is 0.962. The Morgan fingerprint density at radius 2 is 0.590 bits per heavy atom. The van der Waals surface area contributed by atoms with Gasteiger partial charge in [-0.2, -0.15) is 0 Å². The summed E-state index contributed by atoms with van der Waals surface area (Å²) in [5.74, 6) is -0.859. The maximum atomic E-state index is 12.5. The minimum Gasteiger partial charge on any atom is -0.462 e. The first-order valence-electron chi connectivity index (χ1n) is 26.8. The number of phosphoric ester groups is 1. The lowest BCUT2D eigenvalue weighted by Gasteiger charge is -2.18. The Balaban J connectivity index is 3.73. The minimum atomic E-state index is -4.75. The van der Waals surface area contributed by atoms with Gasteiger partial charge in [0.05, 0.1) is 6.61 Å². The molecule has 0 aromatic heterocycles. The lowest BCUT2D eigenvalue weighted by Crippen LogP contribution is -2.29. The molecule has 0 aliphatic rings. The number of ether oxygens (including phenoxy) is 2. The fourth-order valence-corrected chi connectivity index (χ4v) is 8.74. The van der Waals surface area contributed by atoms with Crippen molar-refractivity contribution in [1.82, 2.24) is 0 Å². The third-order valence-corrected chi connectivity index (χ3v) is 12.9. The second-order valence-electron chi connectivity index (χ2n) is 18.6. The van der Waals surface area contributed by atoms with Crippen LogP contribution in [0.3, 0.4) is 0 Å². The molecule has 61 heavy (non-hydrogen) atoms. The maximum Gasteiger partial charge on any atom is 0.469 e. The van der Waals surface area contributed by atoms with Crippen LogP contribution in [0.5, 0.6) is 0 Å². The van der Waals surface area contributed by atoms with E-state index in [-0.39, 0.29) is 19.4 Å². The molecule has 9 heteroatoms. The molecule has 0 amide bonds. The normalized spacial score (nSPS) is 12.3. The van der Waals surface area contributed by atoms with Crippen molar-refractivity contribution in [3.8, 4) is 0 Å². The van der Waals surface area contributed by atoms with Crippen molar-refractivity contribution < 1.29 is 37.9 Å². The molecule has 8 nitrogen and oxygen atoms in total. The Morgan fingerprint density at radius 1 is 0.361 bits per heavy atom. The summed E-state index contributed by atoms with van der Waals surface area (Å²) in [6.45, 7) is 3.76. The van der Waals surface area contributed by atoms with Crippen LogP contribution in [0.25, 0.3) is 0 Å². The van der Waals surface area contributed by atoms with Crippen molar-refractivity contribution in [1.29, 1.82) is 0 Å². The molecule has 0 rings (SSSR count). The molecule has 0 spiro atoms. The summed E-state index contributed by atoms with van der Waals surface area (Å²) in [6.07, 6.45) is 55.6. The summed E-state index contributed by atoms with van der Waals surface area (Å²) in [5.41, 5.74) is 0. The molecule has 0 saturated heterocycles. The van der Waals surface area contributed by atoms with Crippen LogP contribution < -0.4 is 0 Å². The lowest BCUT2D eigenvalue weighted by molar-refractivity contribution is -0.161. The lowest BCUT2D eigenvalue weighted by atomic mass is 10.0. The van der Waals surface area contributed by atoms with Crippen LogP contribution in [0.4, 0.5) is 0 Å². The average molecular weight is 887 g/mol. The van der Waals surface area contributed by atoms with E-state index in [1.54, 1.807) is 0 Å². The zero-order chi connectivity index (χ0) is 44.6. The maximum absolute atomic E-state index is 12.5. The number of phosphoric acid groups is 1. The number of unbranched alkanes of at least 4 members (excludes halogenated alkanes) is 41. The van der Waals surface area contributed by atoms with Gasteiger partial charge in [-0.05, 0) is 12.8 Å². The molecule has 0 saturated carbocycles. The van der Waals surface area contributed by atoms with Gasteiger partial charge in [0, 0.05) is 12.8 Å². The first-order valence-corrected chi connectivity index (χ1v) is 28.4. The summed E-state index contributed by atoms with van der Waals surface area (Å²) in [6, 6.07) is 0. The number of hydrogen-bond donors (Lipinski definition) is 2. The van der Waals surface area contributed by atoms with E-state index in [1.807, 2.05) is 0 Å². The summed E-state index contributed by atoms with van der Waals surface area (Å²) >= 11 is 0. The van der Waals surface area contributed by atoms with Crippen LogP contribution >= 0.6 is 7.82 Å². The van der Waals surface area contributed by atoms with Gasteiger partial charge in [-0.3, -0.25) is 14.1 Å². The smallest absolute Gasteiger partial charge is 0.462 e. The number of carbonyl (C=O) groups is 2. The summed E-state index contributed by atoms with van der Waals surface area (Å²) in [5, 5.41) is 0. The Hall–Kier alpha value is -0.950. The molecule has 0 radical (unpaired) electrons. The van der Waals surface area contributed by atoms with Crippen LogP contribution in [0, 0.1) is 0 Å². The number of rotatable bonds is 51. The van der Waals surface area contributed by atoms with Crippen LogP contribution in [-0.4, -0.2) is 41.0 Å². The van der Waals surface area contributed by atoms with Gasteiger partial charge in [0.15, 0.2) is 6.10 Å². The highest BCUT2D eigenvalue weighted by Gasteiger charge is 2.23. The molecule has 1 atom stereocenters. The minimum absolute atomic E-state index is 0.221. The Morgan fingerprint density at radius 3 is 0.836 bits per heavy atom. The van der Waals surface area contributed by atoms with Gasteiger partial charge in [-0.25, -0.2) is 4.57 Å². The van der Waals surface area contributed by atoms with Crippen molar-refractivity contribution in [2.75, 3.05) is 13.2 Å². The van der Waals surface area contributed by atoms with Gasteiger partial charge in [0.1, 0.15) is 6.61 Å². The number of esters is 2. The van der Waals surface area contributed by atoms with E-state index in [9.17, 15) is 14.2 Å². The molecule has 0 aliphatic carbocycles. The zero-order valence-corrected chi connectivity index (χ0v) is 41.5. The molecule has 0 aromatic carbocycles. The highest BCUT2D eigenvalue weighted by molar-refractivity contribution is 7.46. The van der Waals surface area contributed by atoms with Gasteiger partial charge in [0.2, 0.25) is 0 Å². The van der Waals surface area contributed by atoms with E-state index in [2.05, 4.69) is 18.4 Å². The van der Waals surface area contributed by atoms with Gasteiger partial charge in [0.25, 0.3) is 0 Å². The summed E-state index contributed by atoms with van der Waals surface area (Å²) < 4.78 is 26.6. The van der Waals surface area contributed by atoms with Gasteiger partial charge >= 0.3 is 19.8 Å². The summed E-state index contributed by atoms with van der Waals surface area (Å²) in [7, 11) is -4.75. The Labute approximate surface area is 378 Å². The number of hydrogen-bond acceptors (Lipinski definition) is 6. The van der Waals surface area contributed by atoms with E-state index in [4.69, 9.17) is 19.3 Å². The standard InChI is InChI=1S/C52H103O8P/c1-3-5-7-9-11-13-15-17-19-21-23-25-27-29-31-33-35-37-39-41-43-45-47-52(54)60-50(49-59-61(55,56)57)48-58-51(53)46-44-42-40-38-36-34-32-30-28-26-24-22-20-18-16-14-12-10-8-6-4-2/h50H,3-49H2,1-2H3,(H2,55,56,57). The van der Waals surface area contributed by atoms with Crippen LogP contribution in [0.15, 0.2) is 0 Å². The largest absolute Gasteiger partial charge is 0.469 e. The predicted octanol–water partition coefficient (Wildman–Crippen LogP) is 17.1. The van der Waals surface area contributed by atoms with E-state index in [1.165, 1.54) is 238 Å². The van der Waals surface area contributed by atoms with E-state index < -0.39 is 32.5 Å². The predicted molar refractivity (Wildman–Crippen MR) is 258 cm³/mol. The molecular weight excluding hydrogens is 784 g/mol. The fourth-order valence-electron chi connectivity index (χ4n) is 8.38. The zero-order valence-electron chi connectivity index (χ0n) is 40.6. The quantitative estimate of drug-likeness (QED) is 0.0352. The second kappa shape index (κ2) is 48.5. The monoisotopic (exact) mass is 887 g/mol. The highest BCUT2D eigenvalue weighted by Crippen LogP contribution is 2.36. The van der Waals surface area contributed by atoms with Crippen molar-refractivity contribution in [2.45, 2.75) is 309 Å². The molecule has 1 unspecified atom stereocenters. The third kappa shape index (κ3) is 51.6. The average Bonchev–Trinajstić information content (AvgIpc) is 3.23. The van der Waals surface area contributed by atoms with Crippen LogP contribution in [0.2, 0.25) is 0 Å². The SMILES string of the molecule is CCCCCCCCCCCCCCCCCCCCCCCCC(=O)OC(COC(=O)CCCCCCCCCCCCCCCCCCCCCCC)COP(=O)(O)O. The van der Waals surface area contributed by atoms with Crippen molar-refractivity contribution in [3.63, 3.8) is 0 Å². The molecule has 0 heterocycles. The second-order valence-corrected chi connectivity index (χ2v) is 19.8. The number of carbonyl (C=O) groups excluding carboxylic acids is 2. The third-order valence-electron chi connectivity index (χ3n) is 12.4. The molecule has 0 aliphatic heterocycles. The van der Waals surface area contributed by atoms with Crippen molar-refractivity contribution in [2.24, 2.45) is 0 Å². The van der Waals surface area contributed by atoms with Crippen LogP contribution in [0.1, 0.15) is 303 Å². The first-order chi connectivity index (χ1) is 29.8. The van der Waals surface area contributed by atoms with Gasteiger partial charge < -0.3 is 19.3 Å². The van der Waals surface area contributed by atoms with E-state index in [0.717, 1.165) is 32.1 Å². The molecule has 0 aromatic rings. The van der Waals surface area contributed by atoms with Crippen molar-refractivity contribution >= 4 is 19.8 Å². The molecule has 0 bridgehead atoms. The molecular formula is C52H103O8P. The van der Waals surface area contributed by atoms with Gasteiger partial charge in [-0.1, -0.05) is 277 Å². The van der Waals surface area contributed by atoms with E-state index in [0.29, 0.717) is 6.42 Å². The topological polar surface area (TPSA) is 119 Å². The van der Waals surface area contributed by atoms with Gasteiger partial charge in [-0.15, -0.1) is 0 Å². The molecule has 0 fully saturated rings. The van der Waals surface area contributed by atoms with Crippen molar-refractivity contribution in [3.05, 3.63) is 0 Å². The highest BCUT2D eigenvalue weighted by atomic mass is 31.2. The van der Waals surface area contributed by atoms with E-state index >= 15 is 0 Å². The first kappa shape index (κ1) is 60.1. The summed E-state index contributed by atoms with van der Waals surface area (Å²) in [4.78, 5) is 43.1. The van der Waals surface area contributed by atoms with Crippen LogP contribution in [-0.2, 0) is 28.2 Å².